The summed E-state index contributed by atoms with van der Waals surface area (Å²) in [7, 11) is 0. The summed E-state index contributed by atoms with van der Waals surface area (Å²) >= 11 is 0. The van der Waals surface area contributed by atoms with Crippen LogP contribution >= 0.6 is 0 Å². The number of halogens is 3. The molecule has 116 valence electrons. The minimum absolute atomic E-state index is 0.303. The van der Waals surface area contributed by atoms with Gasteiger partial charge < -0.3 is 5.11 Å². The average molecular weight is 303 g/mol. The SMILES string of the molecule is Cc1nc(C(F)(F)F)ncc1CN1CCC(C(=O)O)CC1. The average Bonchev–Trinajstić information content (AvgIpc) is 2.40. The highest BCUT2D eigenvalue weighted by Gasteiger charge is 2.35. The van der Waals surface area contributed by atoms with Crippen molar-refractivity contribution < 1.29 is 23.1 Å². The molecule has 0 aliphatic carbocycles. The second kappa shape index (κ2) is 5.97. The molecule has 0 amide bonds. The summed E-state index contributed by atoms with van der Waals surface area (Å²) in [4.78, 5) is 19.7. The second-order valence-corrected chi connectivity index (χ2v) is 5.19. The number of piperidine rings is 1. The van der Waals surface area contributed by atoms with Crippen LogP contribution in [0.4, 0.5) is 13.2 Å². The minimum atomic E-state index is -4.54. The summed E-state index contributed by atoms with van der Waals surface area (Å²) < 4.78 is 37.5. The Labute approximate surface area is 119 Å². The van der Waals surface area contributed by atoms with Crippen LogP contribution in [0.5, 0.6) is 0 Å². The predicted octanol–water partition coefficient (Wildman–Crippen LogP) is 2.10. The van der Waals surface area contributed by atoms with Gasteiger partial charge in [-0.1, -0.05) is 0 Å². The first-order valence-corrected chi connectivity index (χ1v) is 6.62. The Morgan fingerprint density at radius 1 is 1.43 bits per heavy atom. The molecular formula is C13H16F3N3O2. The van der Waals surface area contributed by atoms with Crippen molar-refractivity contribution in [3.05, 3.63) is 23.3 Å². The van der Waals surface area contributed by atoms with Gasteiger partial charge in [-0.2, -0.15) is 13.2 Å². The van der Waals surface area contributed by atoms with Crippen LogP contribution in [0.15, 0.2) is 6.20 Å². The summed E-state index contributed by atoms with van der Waals surface area (Å²) in [6, 6.07) is 0. The Kier molecular flexibility index (Phi) is 4.46. The summed E-state index contributed by atoms with van der Waals surface area (Å²) in [5.41, 5.74) is 0.939. The first kappa shape index (κ1) is 15.7. The number of carboxylic acids is 1. The van der Waals surface area contributed by atoms with Crippen LogP contribution in [0.1, 0.15) is 29.9 Å². The minimum Gasteiger partial charge on any atom is -0.481 e. The van der Waals surface area contributed by atoms with Crippen LogP contribution in [0.25, 0.3) is 0 Å². The zero-order valence-electron chi connectivity index (χ0n) is 11.5. The highest BCUT2D eigenvalue weighted by molar-refractivity contribution is 5.70. The van der Waals surface area contributed by atoms with Gasteiger partial charge in [-0.15, -0.1) is 0 Å². The fraction of sp³-hybridized carbons (Fsp3) is 0.615. The van der Waals surface area contributed by atoms with Crippen molar-refractivity contribution >= 4 is 5.97 Å². The van der Waals surface area contributed by atoms with Gasteiger partial charge in [0.25, 0.3) is 0 Å². The maximum atomic E-state index is 12.5. The Balaban J connectivity index is 2.00. The molecule has 21 heavy (non-hydrogen) atoms. The van der Waals surface area contributed by atoms with Crippen molar-refractivity contribution in [3.8, 4) is 0 Å². The Morgan fingerprint density at radius 2 is 2.05 bits per heavy atom. The third-order valence-corrected chi connectivity index (χ3v) is 3.67. The third kappa shape index (κ3) is 3.90. The van der Waals surface area contributed by atoms with Gasteiger partial charge in [0.15, 0.2) is 0 Å². The van der Waals surface area contributed by atoms with E-state index in [0.717, 1.165) is 0 Å². The summed E-state index contributed by atoms with van der Waals surface area (Å²) in [6.45, 7) is 3.18. The number of aromatic nitrogens is 2. The first-order chi connectivity index (χ1) is 9.77. The normalized spacial score (nSPS) is 17.9. The lowest BCUT2D eigenvalue weighted by Gasteiger charge is -2.30. The van der Waals surface area contributed by atoms with Crippen molar-refractivity contribution in [3.63, 3.8) is 0 Å². The maximum absolute atomic E-state index is 12.5. The summed E-state index contributed by atoms with van der Waals surface area (Å²) in [5, 5.41) is 8.92. The van der Waals surface area contributed by atoms with Gasteiger partial charge in [-0.3, -0.25) is 9.69 Å². The molecule has 5 nitrogen and oxygen atoms in total. The number of hydrogen-bond donors (Lipinski definition) is 1. The fourth-order valence-electron chi connectivity index (χ4n) is 2.36. The number of carbonyl (C=O) groups is 1. The number of likely N-dealkylation sites (tertiary alicyclic amines) is 1. The third-order valence-electron chi connectivity index (χ3n) is 3.67. The topological polar surface area (TPSA) is 66.3 Å². The van der Waals surface area contributed by atoms with Crippen molar-refractivity contribution in [2.45, 2.75) is 32.5 Å². The van der Waals surface area contributed by atoms with E-state index in [-0.39, 0.29) is 5.92 Å². The number of carboxylic acid groups (broad SMARTS) is 1. The fourth-order valence-corrected chi connectivity index (χ4v) is 2.36. The molecule has 0 aromatic carbocycles. The van der Waals surface area contributed by atoms with Crippen LogP contribution in [0, 0.1) is 12.8 Å². The number of rotatable bonds is 3. The lowest BCUT2D eigenvalue weighted by Crippen LogP contribution is -2.36. The number of hydrogen-bond acceptors (Lipinski definition) is 4. The van der Waals surface area contributed by atoms with Gasteiger partial charge in [0.05, 0.1) is 5.92 Å². The van der Waals surface area contributed by atoms with Gasteiger partial charge in [-0.05, 0) is 32.9 Å². The largest absolute Gasteiger partial charge is 0.481 e. The molecule has 1 aliphatic rings. The molecule has 0 spiro atoms. The van der Waals surface area contributed by atoms with Gasteiger partial charge >= 0.3 is 12.1 Å². The molecular weight excluding hydrogens is 287 g/mol. The highest BCUT2D eigenvalue weighted by Crippen LogP contribution is 2.26. The zero-order chi connectivity index (χ0) is 15.6. The smallest absolute Gasteiger partial charge is 0.451 e. The second-order valence-electron chi connectivity index (χ2n) is 5.19. The molecule has 0 atom stereocenters. The quantitative estimate of drug-likeness (QED) is 0.926. The molecule has 1 N–H and O–H groups in total. The van der Waals surface area contributed by atoms with Crippen molar-refractivity contribution in [1.29, 1.82) is 0 Å². The van der Waals surface area contributed by atoms with Crippen molar-refractivity contribution in [1.82, 2.24) is 14.9 Å². The zero-order valence-corrected chi connectivity index (χ0v) is 11.5. The van der Waals surface area contributed by atoms with Crippen LogP contribution < -0.4 is 0 Å². The Hall–Kier alpha value is -1.70. The lowest BCUT2D eigenvalue weighted by atomic mass is 9.97. The summed E-state index contributed by atoms with van der Waals surface area (Å²) in [6.07, 6.45) is -2.23. The molecule has 1 fully saturated rings. The van der Waals surface area contributed by atoms with E-state index in [4.69, 9.17) is 5.11 Å². The molecule has 0 unspecified atom stereocenters. The van der Waals surface area contributed by atoms with Crippen LogP contribution in [-0.2, 0) is 17.5 Å². The summed E-state index contributed by atoms with van der Waals surface area (Å²) in [5.74, 6) is -2.25. The van der Waals surface area contributed by atoms with E-state index >= 15 is 0 Å². The highest BCUT2D eigenvalue weighted by atomic mass is 19.4. The number of nitrogens with zero attached hydrogens (tertiary/aromatic N) is 3. The van der Waals surface area contributed by atoms with E-state index in [0.29, 0.717) is 43.7 Å². The number of alkyl halides is 3. The van der Waals surface area contributed by atoms with Crippen LogP contribution in [-0.4, -0.2) is 39.0 Å². The van der Waals surface area contributed by atoms with Gasteiger partial charge in [0, 0.05) is 24.0 Å². The van der Waals surface area contributed by atoms with E-state index in [1.54, 1.807) is 0 Å². The van der Waals surface area contributed by atoms with E-state index in [9.17, 15) is 18.0 Å². The Morgan fingerprint density at radius 3 is 2.52 bits per heavy atom. The van der Waals surface area contributed by atoms with Gasteiger partial charge in [0.1, 0.15) is 0 Å². The lowest BCUT2D eigenvalue weighted by molar-refractivity contribution is -0.145. The van der Waals surface area contributed by atoms with E-state index < -0.39 is 18.0 Å². The van der Waals surface area contributed by atoms with E-state index in [1.165, 1.54) is 13.1 Å². The molecule has 0 saturated carbocycles. The van der Waals surface area contributed by atoms with Gasteiger partial charge in [0.2, 0.25) is 5.82 Å². The van der Waals surface area contributed by atoms with Crippen LogP contribution in [0.2, 0.25) is 0 Å². The van der Waals surface area contributed by atoms with E-state index in [2.05, 4.69) is 9.97 Å². The molecule has 1 saturated heterocycles. The van der Waals surface area contributed by atoms with E-state index in [1.807, 2.05) is 4.90 Å². The molecule has 0 bridgehead atoms. The van der Waals surface area contributed by atoms with Crippen LogP contribution in [0.3, 0.4) is 0 Å². The predicted molar refractivity (Wildman–Crippen MR) is 67.4 cm³/mol. The van der Waals surface area contributed by atoms with Crippen molar-refractivity contribution in [2.75, 3.05) is 13.1 Å². The monoisotopic (exact) mass is 303 g/mol. The molecule has 8 heteroatoms. The molecule has 1 aromatic rings. The molecule has 1 aromatic heterocycles. The maximum Gasteiger partial charge on any atom is 0.451 e. The van der Waals surface area contributed by atoms with Gasteiger partial charge in [-0.25, -0.2) is 9.97 Å². The number of aryl methyl sites for hydroxylation is 1. The number of aliphatic carboxylic acids is 1. The molecule has 1 aliphatic heterocycles. The van der Waals surface area contributed by atoms with Crippen molar-refractivity contribution in [2.24, 2.45) is 5.92 Å². The molecule has 2 rings (SSSR count). The molecule has 2 heterocycles. The Bertz CT molecular complexity index is 526. The molecule has 0 radical (unpaired) electrons. The first-order valence-electron chi connectivity index (χ1n) is 6.62. The standard InChI is InChI=1S/C13H16F3N3O2/c1-8-10(6-17-12(18-8)13(14,15)16)7-19-4-2-9(3-5-19)11(20)21/h6,9H,2-5,7H2,1H3,(H,20,21).